The van der Waals surface area contributed by atoms with E-state index in [-0.39, 0.29) is 88.0 Å². The van der Waals surface area contributed by atoms with Gasteiger partial charge in [-0.15, -0.1) is 0 Å². The number of amides is 1. The molecule has 0 fully saturated rings. The molecule has 0 rings (SSSR count). The number of aliphatic carboxylic acids is 2. The van der Waals surface area contributed by atoms with Gasteiger partial charge in [0.05, 0.1) is 32.8 Å². The van der Waals surface area contributed by atoms with Gasteiger partial charge in [-0.2, -0.15) is 0 Å². The summed E-state index contributed by atoms with van der Waals surface area (Å²) in [5.41, 5.74) is 0. The van der Waals surface area contributed by atoms with Crippen molar-refractivity contribution in [3.63, 3.8) is 0 Å². The summed E-state index contributed by atoms with van der Waals surface area (Å²) >= 11 is 0. The number of nitrogens with zero attached hydrogens (tertiary/aromatic N) is 1. The van der Waals surface area contributed by atoms with Gasteiger partial charge in [0.2, 0.25) is 5.91 Å². The van der Waals surface area contributed by atoms with Crippen molar-refractivity contribution in [2.45, 2.75) is 52.9 Å². The van der Waals surface area contributed by atoms with Crippen LogP contribution < -0.4 is 61.8 Å². The molecule has 3 unspecified atom stereocenters. The van der Waals surface area contributed by atoms with Crippen LogP contribution in [0.4, 0.5) is 0 Å². The van der Waals surface area contributed by atoms with Crippen LogP contribution >= 0.6 is 0 Å². The fourth-order valence-electron chi connectivity index (χ4n) is 3.31. The molecule has 3 atom stereocenters. The zero-order valence-electron chi connectivity index (χ0n) is 17.9. The van der Waals surface area contributed by atoms with Gasteiger partial charge in [-0.1, -0.05) is 33.1 Å². The van der Waals surface area contributed by atoms with E-state index in [1.807, 2.05) is 0 Å². The maximum atomic E-state index is 11.9. The smallest absolute Gasteiger partial charge is 0.550 e. The molecule has 0 aliphatic carbocycles. The molecule has 28 heavy (non-hydrogen) atoms. The fourth-order valence-corrected chi connectivity index (χ4v) is 3.31. The normalized spacial score (nSPS) is 15.0. The monoisotopic (exact) mass is 427 g/mol. The number of aliphatic hydroxyl groups excluding tert-OH is 1. The van der Waals surface area contributed by atoms with E-state index in [1.54, 1.807) is 6.92 Å². The van der Waals surface area contributed by atoms with Gasteiger partial charge >= 0.3 is 57.4 Å². The number of carboxylic acid groups (broad SMARTS) is 2. The molecule has 0 spiro atoms. The van der Waals surface area contributed by atoms with Crippen LogP contribution in [0.1, 0.15) is 52.9 Å². The Morgan fingerprint density at radius 2 is 1.64 bits per heavy atom. The number of quaternary nitrogens is 1. The summed E-state index contributed by atoms with van der Waals surface area (Å²) in [4.78, 5) is 34.4. The maximum Gasteiger partial charge on any atom is 1.00 e. The second-order valence-electron chi connectivity index (χ2n) is 7.50. The summed E-state index contributed by atoms with van der Waals surface area (Å²) in [6, 6.07) is 0. The Morgan fingerprint density at radius 1 is 1.04 bits per heavy atom. The number of nitrogens with one attached hydrogen (secondary N) is 1. The Kier molecular flexibility index (Phi) is 18.0. The van der Waals surface area contributed by atoms with E-state index >= 15 is 0 Å². The first kappa shape index (κ1) is 30.2. The number of rotatable bonds is 16. The van der Waals surface area contributed by atoms with Crippen LogP contribution in [0.2, 0.25) is 0 Å². The Labute approximate surface area is 211 Å². The minimum atomic E-state index is -1.21. The van der Waals surface area contributed by atoms with Crippen LogP contribution in [0.15, 0.2) is 0 Å². The molecule has 8 nitrogen and oxygen atoms in total. The van der Waals surface area contributed by atoms with Crippen molar-refractivity contribution in [2.24, 2.45) is 11.8 Å². The first-order valence-corrected chi connectivity index (χ1v) is 9.83. The Hall–Kier alpha value is -0.0336. The van der Waals surface area contributed by atoms with Crippen molar-refractivity contribution in [3.8, 4) is 0 Å². The number of unbranched alkanes of at least 4 members (excludes halogenated alkanes) is 3. The number of aliphatic hydroxyl groups is 1. The van der Waals surface area contributed by atoms with Gasteiger partial charge in [-0.05, 0) is 13.3 Å². The van der Waals surface area contributed by atoms with Crippen LogP contribution in [0.3, 0.4) is 0 Å². The second kappa shape index (κ2) is 16.7. The molecule has 0 aromatic heterocycles. The molecule has 9 heteroatoms. The summed E-state index contributed by atoms with van der Waals surface area (Å²) in [6.07, 6.45) is 4.47. The van der Waals surface area contributed by atoms with Gasteiger partial charge in [0.15, 0.2) is 0 Å². The molecule has 0 aliphatic heterocycles. The molecule has 0 aliphatic rings. The summed E-state index contributed by atoms with van der Waals surface area (Å²) < 4.78 is 0.106. The minimum absolute atomic E-state index is 0. The second-order valence-corrected chi connectivity index (χ2v) is 7.50. The first-order chi connectivity index (χ1) is 12.7. The van der Waals surface area contributed by atoms with E-state index in [2.05, 4.69) is 12.2 Å². The van der Waals surface area contributed by atoms with E-state index in [0.717, 1.165) is 25.7 Å². The Morgan fingerprint density at radius 3 is 2.14 bits per heavy atom. The standard InChI is InChI=1S/C19H36N2O6.K/c1-4-5-6-7-8-17(23)20-9-10-21(11-12-22,13-15(2)18(24)25)14-16(3)19(26)27;/h15-16,22H,4-14H2,1-3H3,(H2-,20,23,24,25,26,27);/q;+1. The van der Waals surface area contributed by atoms with Gasteiger partial charge in [-0.3, -0.25) is 9.59 Å². The van der Waals surface area contributed by atoms with Gasteiger partial charge < -0.3 is 29.9 Å². The molecule has 1 amide bonds. The third-order valence-electron chi connectivity index (χ3n) is 4.89. The number of carbonyl (C=O) groups is 3. The van der Waals surface area contributed by atoms with E-state index in [1.165, 1.54) is 6.92 Å². The average molecular weight is 428 g/mol. The Bertz CT molecular complexity index is 453. The van der Waals surface area contributed by atoms with E-state index < -0.39 is 23.8 Å². The largest absolute Gasteiger partial charge is 1.00 e. The number of hydrogen-bond donors (Lipinski definition) is 3. The van der Waals surface area contributed by atoms with Gasteiger partial charge in [-0.25, -0.2) is 0 Å². The molecule has 3 N–H and O–H groups in total. The molecular formula is C19H36KN2O6+. The number of carbonyl (C=O) groups excluding carboxylic acids is 2. The van der Waals surface area contributed by atoms with Crippen LogP contribution in [-0.2, 0) is 14.4 Å². The molecule has 0 bridgehead atoms. The molecule has 0 aromatic carbocycles. The van der Waals surface area contributed by atoms with Crippen molar-refractivity contribution in [2.75, 3.05) is 39.3 Å². The molecule has 0 radical (unpaired) electrons. The van der Waals surface area contributed by atoms with Crippen molar-refractivity contribution < 1.29 is 85.6 Å². The van der Waals surface area contributed by atoms with Gasteiger partial charge in [0.25, 0.3) is 0 Å². The fraction of sp³-hybridized carbons (Fsp3) is 0.842. The zero-order chi connectivity index (χ0) is 20.9. The average Bonchev–Trinajstić information content (AvgIpc) is 2.58. The maximum absolute atomic E-state index is 11.9. The predicted octanol–water partition coefficient (Wildman–Crippen LogP) is -3.01. The summed E-state index contributed by atoms with van der Waals surface area (Å²) in [7, 11) is 0. The minimum Gasteiger partial charge on any atom is -0.550 e. The molecular weight excluding hydrogens is 391 g/mol. The van der Waals surface area contributed by atoms with E-state index in [9.17, 15) is 29.7 Å². The van der Waals surface area contributed by atoms with Gasteiger partial charge in [0, 0.05) is 18.3 Å². The van der Waals surface area contributed by atoms with Crippen LogP contribution in [0, 0.1) is 11.8 Å². The predicted molar refractivity (Wildman–Crippen MR) is 99.6 cm³/mol. The van der Waals surface area contributed by atoms with Crippen LogP contribution in [0.25, 0.3) is 0 Å². The SMILES string of the molecule is CCCCCCC(=O)NCC[N+](CCO)(CC(C)C(=O)[O-])CC(C)C(=O)O.[K+]. The van der Waals surface area contributed by atoms with E-state index in [4.69, 9.17) is 0 Å². The van der Waals surface area contributed by atoms with Gasteiger partial charge in [0.1, 0.15) is 12.5 Å². The van der Waals surface area contributed by atoms with Crippen molar-refractivity contribution in [1.82, 2.24) is 5.32 Å². The van der Waals surface area contributed by atoms with E-state index in [0.29, 0.717) is 19.5 Å². The third-order valence-corrected chi connectivity index (χ3v) is 4.89. The molecule has 0 saturated heterocycles. The van der Waals surface area contributed by atoms with Crippen LogP contribution in [-0.4, -0.2) is 71.9 Å². The molecule has 0 heterocycles. The summed E-state index contributed by atoms with van der Waals surface area (Å²) in [6.45, 7) is 6.19. The first-order valence-electron chi connectivity index (χ1n) is 9.83. The Balaban J connectivity index is 0. The summed E-state index contributed by atoms with van der Waals surface area (Å²) in [5.74, 6) is -3.74. The molecule has 158 valence electrons. The third kappa shape index (κ3) is 13.2. The summed E-state index contributed by atoms with van der Waals surface area (Å²) in [5, 5.41) is 32.7. The topological polar surface area (TPSA) is 127 Å². The van der Waals surface area contributed by atoms with Crippen molar-refractivity contribution >= 4 is 17.8 Å². The zero-order valence-corrected chi connectivity index (χ0v) is 21.0. The van der Waals surface area contributed by atoms with Crippen molar-refractivity contribution in [3.05, 3.63) is 0 Å². The number of carboxylic acids is 2. The molecule has 0 saturated carbocycles. The number of hydrogen-bond acceptors (Lipinski definition) is 5. The molecule has 0 aromatic rings. The quantitative estimate of drug-likeness (QED) is 0.137. The van der Waals surface area contributed by atoms with Crippen LogP contribution in [0.5, 0.6) is 0 Å². The van der Waals surface area contributed by atoms with Crippen molar-refractivity contribution in [1.29, 1.82) is 0 Å².